The Morgan fingerprint density at radius 1 is 1.08 bits per heavy atom. The molecule has 5 rings (SSSR count). The zero-order valence-corrected chi connectivity index (χ0v) is 14.9. The van der Waals surface area contributed by atoms with Gasteiger partial charge in [-0.1, -0.05) is 0 Å². The summed E-state index contributed by atoms with van der Waals surface area (Å²) in [7, 11) is 0. The van der Waals surface area contributed by atoms with E-state index in [1.54, 1.807) is 4.90 Å². The average molecular weight is 348 g/mol. The Morgan fingerprint density at radius 3 is 2.16 bits per heavy atom. The van der Waals surface area contributed by atoms with Crippen LogP contribution in [0.4, 0.5) is 0 Å². The Morgan fingerprint density at radius 2 is 1.64 bits per heavy atom. The number of rotatable bonds is 4. The molecule has 0 unspecified atom stereocenters. The normalized spacial score (nSPS) is 40.1. The van der Waals surface area contributed by atoms with Gasteiger partial charge >= 0.3 is 5.97 Å². The lowest BCUT2D eigenvalue weighted by Gasteiger charge is -2.56. The Balaban J connectivity index is 1.49. The second-order valence-electron chi connectivity index (χ2n) is 8.84. The monoisotopic (exact) mass is 348 g/mol. The second-order valence-corrected chi connectivity index (χ2v) is 8.84. The van der Waals surface area contributed by atoms with Crippen molar-refractivity contribution in [2.45, 2.75) is 70.4 Å². The number of hydrogen-bond donors (Lipinski definition) is 1. The zero-order valence-electron chi connectivity index (χ0n) is 14.9. The molecule has 138 valence electrons. The lowest BCUT2D eigenvalue weighted by atomic mass is 9.49. The van der Waals surface area contributed by atoms with E-state index in [1.165, 1.54) is 26.2 Å². The van der Waals surface area contributed by atoms with E-state index in [0.717, 1.165) is 25.7 Å². The first-order valence-electron chi connectivity index (χ1n) is 9.69. The summed E-state index contributed by atoms with van der Waals surface area (Å²) < 4.78 is 5.19. The van der Waals surface area contributed by atoms with Crippen molar-refractivity contribution in [1.29, 1.82) is 0 Å². The van der Waals surface area contributed by atoms with Crippen molar-refractivity contribution in [3.05, 3.63) is 0 Å². The van der Waals surface area contributed by atoms with Gasteiger partial charge in [0.2, 0.25) is 5.91 Å². The summed E-state index contributed by atoms with van der Waals surface area (Å²) >= 11 is 0. The van der Waals surface area contributed by atoms with Crippen LogP contribution in [0.3, 0.4) is 0 Å². The molecule has 4 aliphatic carbocycles. The number of esters is 1. The Hall–Kier alpha value is -1.59. The van der Waals surface area contributed by atoms with E-state index in [1.807, 2.05) is 0 Å². The van der Waals surface area contributed by atoms with Crippen LogP contribution in [0, 0.1) is 23.2 Å². The van der Waals surface area contributed by atoms with Crippen LogP contribution in [0.25, 0.3) is 0 Å². The number of nitrogens with two attached hydrogens (primary N) is 1. The molecule has 0 spiro atoms. The molecule has 6 heteroatoms. The molecule has 2 N–H and O–H groups in total. The summed E-state index contributed by atoms with van der Waals surface area (Å²) in [6.07, 6.45) is 7.31. The zero-order chi connectivity index (χ0) is 17.8. The third-order valence-corrected chi connectivity index (χ3v) is 6.97. The summed E-state index contributed by atoms with van der Waals surface area (Å²) in [6, 6.07) is -0.553. The molecule has 0 aromatic carbocycles. The van der Waals surface area contributed by atoms with Gasteiger partial charge in [-0.3, -0.25) is 9.59 Å². The van der Waals surface area contributed by atoms with Crippen LogP contribution in [0.2, 0.25) is 0 Å². The third kappa shape index (κ3) is 2.83. The predicted octanol–water partition coefficient (Wildman–Crippen LogP) is 1.61. The van der Waals surface area contributed by atoms with Gasteiger partial charge < -0.3 is 15.4 Å². The largest absolute Gasteiger partial charge is 0.451 e. The van der Waals surface area contributed by atoms with Gasteiger partial charge in [-0.25, -0.2) is 4.79 Å². The van der Waals surface area contributed by atoms with Gasteiger partial charge in [0.1, 0.15) is 6.04 Å². The molecule has 0 aromatic rings. The van der Waals surface area contributed by atoms with Gasteiger partial charge in [-0.15, -0.1) is 0 Å². The number of carbonyl (C=O) groups is 3. The topological polar surface area (TPSA) is 89.7 Å². The van der Waals surface area contributed by atoms with Crippen LogP contribution >= 0.6 is 0 Å². The standard InChI is InChI=1S/C19H28N2O4/c1-11(16(20)22)25-17(23)15-3-2-4-21(15)18(24)19-8-12-5-13(9-19)7-14(6-12)10-19/h11-15H,2-10H2,1H3,(H2,20,22)/t11-,12?,13?,14?,15-,19?/m0/s1. The highest BCUT2D eigenvalue weighted by Crippen LogP contribution is 2.60. The van der Waals surface area contributed by atoms with Crippen LogP contribution in [0.1, 0.15) is 58.3 Å². The maximum absolute atomic E-state index is 13.5. The molecule has 6 nitrogen and oxygen atoms in total. The number of primary amides is 1. The van der Waals surface area contributed by atoms with E-state index >= 15 is 0 Å². The van der Waals surface area contributed by atoms with E-state index in [4.69, 9.17) is 10.5 Å². The maximum Gasteiger partial charge on any atom is 0.329 e. The molecule has 4 saturated carbocycles. The number of hydrogen-bond acceptors (Lipinski definition) is 4. The van der Waals surface area contributed by atoms with E-state index in [0.29, 0.717) is 30.7 Å². The van der Waals surface area contributed by atoms with E-state index in [-0.39, 0.29) is 11.3 Å². The van der Waals surface area contributed by atoms with E-state index < -0.39 is 24.0 Å². The molecule has 1 heterocycles. The molecule has 25 heavy (non-hydrogen) atoms. The lowest BCUT2D eigenvalue weighted by Crippen LogP contribution is -2.56. The molecule has 0 radical (unpaired) electrons. The molecular weight excluding hydrogens is 320 g/mol. The summed E-state index contributed by atoms with van der Waals surface area (Å²) in [5.41, 5.74) is 4.94. The molecule has 5 fully saturated rings. The maximum atomic E-state index is 13.5. The Labute approximate surface area is 148 Å². The van der Waals surface area contributed by atoms with Crippen molar-refractivity contribution in [3.63, 3.8) is 0 Å². The average Bonchev–Trinajstić information content (AvgIpc) is 3.02. The van der Waals surface area contributed by atoms with Gasteiger partial charge in [0.15, 0.2) is 6.10 Å². The molecule has 0 aromatic heterocycles. The smallest absolute Gasteiger partial charge is 0.329 e. The first-order valence-corrected chi connectivity index (χ1v) is 9.69. The number of likely N-dealkylation sites (tertiary alicyclic amines) is 1. The van der Waals surface area contributed by atoms with Gasteiger partial charge in [0.25, 0.3) is 5.91 Å². The number of ether oxygens (including phenoxy) is 1. The number of nitrogens with zero attached hydrogens (tertiary/aromatic N) is 1. The summed E-state index contributed by atoms with van der Waals surface area (Å²) in [5, 5.41) is 0. The molecule has 4 bridgehead atoms. The lowest BCUT2D eigenvalue weighted by molar-refractivity contribution is -0.168. The molecule has 2 amide bonds. The van der Waals surface area contributed by atoms with Crippen LogP contribution in [0.15, 0.2) is 0 Å². The molecular formula is C19H28N2O4. The summed E-state index contributed by atoms with van der Waals surface area (Å²) in [6.45, 7) is 2.09. The van der Waals surface area contributed by atoms with Crippen LogP contribution in [-0.4, -0.2) is 41.4 Å². The second kappa shape index (κ2) is 5.99. The fourth-order valence-electron chi connectivity index (χ4n) is 6.24. The quantitative estimate of drug-likeness (QED) is 0.782. The Bertz CT molecular complexity index is 567. The molecule has 1 aliphatic heterocycles. The predicted molar refractivity (Wildman–Crippen MR) is 90.1 cm³/mol. The molecule has 2 atom stereocenters. The first-order chi connectivity index (χ1) is 11.9. The van der Waals surface area contributed by atoms with Crippen molar-refractivity contribution in [1.82, 2.24) is 4.90 Å². The van der Waals surface area contributed by atoms with E-state index in [2.05, 4.69) is 0 Å². The van der Waals surface area contributed by atoms with Gasteiger partial charge in [-0.2, -0.15) is 0 Å². The van der Waals surface area contributed by atoms with Crippen molar-refractivity contribution >= 4 is 17.8 Å². The minimum atomic E-state index is -0.954. The van der Waals surface area contributed by atoms with Crippen LogP contribution in [0.5, 0.6) is 0 Å². The third-order valence-electron chi connectivity index (χ3n) is 6.97. The highest BCUT2D eigenvalue weighted by Gasteiger charge is 2.57. The van der Waals surface area contributed by atoms with Gasteiger partial charge in [-0.05, 0) is 76.0 Å². The van der Waals surface area contributed by atoms with Crippen molar-refractivity contribution < 1.29 is 19.1 Å². The highest BCUT2D eigenvalue weighted by molar-refractivity contribution is 5.90. The molecule has 5 aliphatic rings. The fourth-order valence-corrected chi connectivity index (χ4v) is 6.24. The molecule has 1 saturated heterocycles. The van der Waals surface area contributed by atoms with Crippen molar-refractivity contribution in [2.24, 2.45) is 28.9 Å². The number of carbonyl (C=O) groups excluding carboxylic acids is 3. The van der Waals surface area contributed by atoms with Crippen LogP contribution < -0.4 is 5.73 Å². The number of amides is 2. The summed E-state index contributed by atoms with van der Waals surface area (Å²) in [5.74, 6) is 1.10. The van der Waals surface area contributed by atoms with Crippen LogP contribution in [-0.2, 0) is 19.1 Å². The SMILES string of the molecule is C[C@H](OC(=O)[C@@H]1CCCN1C(=O)C12CC3CC(CC(C3)C1)C2)C(N)=O. The van der Waals surface area contributed by atoms with Crippen molar-refractivity contribution in [3.8, 4) is 0 Å². The first kappa shape index (κ1) is 16.9. The summed E-state index contributed by atoms with van der Waals surface area (Å²) in [4.78, 5) is 38.9. The minimum absolute atomic E-state index is 0.165. The van der Waals surface area contributed by atoms with Gasteiger partial charge in [0.05, 0.1) is 5.41 Å². The fraction of sp³-hybridized carbons (Fsp3) is 0.842. The van der Waals surface area contributed by atoms with Gasteiger partial charge in [0, 0.05) is 6.54 Å². The van der Waals surface area contributed by atoms with E-state index in [9.17, 15) is 14.4 Å². The minimum Gasteiger partial charge on any atom is -0.451 e. The van der Waals surface area contributed by atoms with Crippen molar-refractivity contribution in [2.75, 3.05) is 6.54 Å². The highest BCUT2D eigenvalue weighted by atomic mass is 16.5. The Kier molecular flexibility index (Phi) is 4.04.